The van der Waals surface area contributed by atoms with Crippen molar-refractivity contribution in [3.8, 4) is 11.1 Å². The van der Waals surface area contributed by atoms with Crippen LogP contribution >= 0.6 is 15.9 Å². The van der Waals surface area contributed by atoms with Gasteiger partial charge in [-0.15, -0.1) is 0 Å². The molecule has 0 aliphatic carbocycles. The molecule has 0 saturated carbocycles. The van der Waals surface area contributed by atoms with Gasteiger partial charge in [0.05, 0.1) is 0 Å². The molecule has 112 valence electrons. The minimum atomic E-state index is 0.314. The third kappa shape index (κ3) is 2.07. The van der Waals surface area contributed by atoms with E-state index < -0.39 is 0 Å². The van der Waals surface area contributed by atoms with E-state index in [9.17, 15) is 0 Å². The molecule has 24 heavy (non-hydrogen) atoms. The summed E-state index contributed by atoms with van der Waals surface area (Å²) in [5.41, 5.74) is 6.91. The summed E-state index contributed by atoms with van der Waals surface area (Å²) in [4.78, 5) is 0. The van der Waals surface area contributed by atoms with Crippen molar-refractivity contribution in [2.75, 3.05) is 0 Å². The summed E-state index contributed by atoms with van der Waals surface area (Å²) >= 11 is 3.55. The maximum atomic E-state index is 3.55. The Hall–Kier alpha value is -2.32. The first-order valence-electron chi connectivity index (χ1n) is 8.19. The minimum Gasteiger partial charge on any atom is -0.0685 e. The zero-order valence-electron chi connectivity index (χ0n) is 13.0. The SMILES string of the molecule is Brc1ccc(B2c3ccccc3-c3cc4ccccc4cc32)cc1. The molecule has 1 aliphatic rings. The van der Waals surface area contributed by atoms with Crippen LogP contribution in [0.4, 0.5) is 0 Å². The highest BCUT2D eigenvalue weighted by atomic mass is 79.9. The molecular weight excluding hydrogens is 355 g/mol. The van der Waals surface area contributed by atoms with Gasteiger partial charge in [-0.25, -0.2) is 0 Å². The first-order chi connectivity index (χ1) is 11.8. The summed E-state index contributed by atoms with van der Waals surface area (Å²) in [5, 5.41) is 2.62. The molecular formula is C22H14BBr. The van der Waals surface area contributed by atoms with Crippen molar-refractivity contribution in [1.82, 2.24) is 0 Å². The van der Waals surface area contributed by atoms with E-state index >= 15 is 0 Å². The van der Waals surface area contributed by atoms with E-state index in [4.69, 9.17) is 0 Å². The molecule has 0 unspecified atom stereocenters. The molecule has 0 radical (unpaired) electrons. The summed E-state index contributed by atoms with van der Waals surface area (Å²) in [6.07, 6.45) is 0. The fourth-order valence-corrected chi connectivity index (χ4v) is 4.17. The lowest BCUT2D eigenvalue weighted by Crippen LogP contribution is -2.48. The van der Waals surface area contributed by atoms with Gasteiger partial charge in [0.2, 0.25) is 6.71 Å². The topological polar surface area (TPSA) is 0 Å². The third-order valence-electron chi connectivity index (χ3n) is 4.99. The zero-order chi connectivity index (χ0) is 16.1. The Bertz CT molecular complexity index is 1070. The van der Waals surface area contributed by atoms with Crippen LogP contribution in [0.25, 0.3) is 21.9 Å². The Morgan fingerprint density at radius 3 is 2.04 bits per heavy atom. The van der Waals surface area contributed by atoms with Gasteiger partial charge < -0.3 is 0 Å². The lowest BCUT2D eigenvalue weighted by atomic mass is 9.39. The Kier molecular flexibility index (Phi) is 3.14. The first-order valence-corrected chi connectivity index (χ1v) is 8.98. The van der Waals surface area contributed by atoms with E-state index in [1.54, 1.807) is 0 Å². The van der Waals surface area contributed by atoms with Crippen LogP contribution in [0.1, 0.15) is 0 Å². The lowest BCUT2D eigenvalue weighted by molar-refractivity contribution is 1.69. The van der Waals surface area contributed by atoms with Gasteiger partial charge in [0, 0.05) is 4.47 Å². The number of halogens is 1. The molecule has 4 aromatic rings. The van der Waals surface area contributed by atoms with Gasteiger partial charge in [0.25, 0.3) is 0 Å². The van der Waals surface area contributed by atoms with Gasteiger partial charge in [-0.3, -0.25) is 0 Å². The van der Waals surface area contributed by atoms with Gasteiger partial charge >= 0.3 is 0 Å². The van der Waals surface area contributed by atoms with Crippen LogP contribution in [0.2, 0.25) is 0 Å². The molecule has 0 aromatic heterocycles. The predicted molar refractivity (Wildman–Crippen MR) is 108 cm³/mol. The quantitative estimate of drug-likeness (QED) is 0.391. The van der Waals surface area contributed by atoms with E-state index in [2.05, 4.69) is 101 Å². The summed E-state index contributed by atoms with van der Waals surface area (Å²) in [5.74, 6) is 0. The first kappa shape index (κ1) is 14.1. The number of hydrogen-bond acceptors (Lipinski definition) is 0. The predicted octanol–water partition coefficient (Wildman–Crippen LogP) is 4.10. The average Bonchev–Trinajstić information content (AvgIpc) is 2.94. The number of rotatable bonds is 1. The van der Waals surface area contributed by atoms with E-state index in [1.807, 2.05) is 0 Å². The van der Waals surface area contributed by atoms with Crippen LogP contribution in [-0.2, 0) is 0 Å². The van der Waals surface area contributed by atoms with Gasteiger partial charge in [-0.1, -0.05) is 99.0 Å². The van der Waals surface area contributed by atoms with Crippen molar-refractivity contribution in [1.29, 1.82) is 0 Å². The van der Waals surface area contributed by atoms with Crippen molar-refractivity contribution in [2.24, 2.45) is 0 Å². The van der Waals surface area contributed by atoms with Crippen LogP contribution < -0.4 is 16.4 Å². The molecule has 0 bridgehead atoms. The normalized spacial score (nSPS) is 12.3. The third-order valence-corrected chi connectivity index (χ3v) is 5.52. The van der Waals surface area contributed by atoms with Crippen LogP contribution in [0.3, 0.4) is 0 Å². The molecule has 5 rings (SSSR count). The van der Waals surface area contributed by atoms with Crippen LogP contribution in [0.15, 0.2) is 89.4 Å². The molecule has 2 heteroatoms. The second kappa shape index (κ2) is 5.36. The summed E-state index contributed by atoms with van der Waals surface area (Å²) in [6.45, 7) is 0.314. The Morgan fingerprint density at radius 1 is 0.583 bits per heavy atom. The summed E-state index contributed by atoms with van der Waals surface area (Å²) in [7, 11) is 0. The van der Waals surface area contributed by atoms with Crippen molar-refractivity contribution < 1.29 is 0 Å². The highest BCUT2D eigenvalue weighted by molar-refractivity contribution is 9.10. The monoisotopic (exact) mass is 368 g/mol. The smallest absolute Gasteiger partial charge is 0.0685 e. The second-order valence-electron chi connectivity index (χ2n) is 6.36. The largest absolute Gasteiger partial charge is 0.242 e. The molecule has 0 amide bonds. The Labute approximate surface area is 150 Å². The van der Waals surface area contributed by atoms with E-state index in [0.717, 1.165) is 4.47 Å². The minimum absolute atomic E-state index is 0.314. The summed E-state index contributed by atoms with van der Waals surface area (Å²) < 4.78 is 1.12. The van der Waals surface area contributed by atoms with Gasteiger partial charge in [-0.2, -0.15) is 0 Å². The molecule has 0 saturated heterocycles. The molecule has 0 spiro atoms. The van der Waals surface area contributed by atoms with E-state index in [1.165, 1.54) is 38.3 Å². The van der Waals surface area contributed by atoms with Crippen molar-refractivity contribution in [3.05, 3.63) is 89.4 Å². The maximum absolute atomic E-state index is 3.55. The molecule has 0 fully saturated rings. The lowest BCUT2D eigenvalue weighted by Gasteiger charge is -2.11. The molecule has 4 aromatic carbocycles. The van der Waals surface area contributed by atoms with Gasteiger partial charge in [0.15, 0.2) is 0 Å². The fourth-order valence-electron chi connectivity index (χ4n) is 3.91. The molecule has 0 nitrogen and oxygen atoms in total. The Balaban J connectivity index is 1.82. The second-order valence-corrected chi connectivity index (χ2v) is 7.27. The number of fused-ring (bicyclic) bond motifs is 4. The fraction of sp³-hybridized carbons (Fsp3) is 0. The maximum Gasteiger partial charge on any atom is 0.242 e. The average molecular weight is 369 g/mol. The van der Waals surface area contributed by atoms with E-state index in [0.29, 0.717) is 6.71 Å². The van der Waals surface area contributed by atoms with Crippen LogP contribution in [-0.4, -0.2) is 6.71 Å². The van der Waals surface area contributed by atoms with Crippen molar-refractivity contribution in [3.63, 3.8) is 0 Å². The van der Waals surface area contributed by atoms with Crippen molar-refractivity contribution in [2.45, 2.75) is 0 Å². The van der Waals surface area contributed by atoms with Crippen LogP contribution in [0, 0.1) is 0 Å². The van der Waals surface area contributed by atoms with E-state index in [-0.39, 0.29) is 0 Å². The zero-order valence-corrected chi connectivity index (χ0v) is 14.6. The molecule has 1 aliphatic heterocycles. The summed E-state index contributed by atoms with van der Waals surface area (Å²) in [6, 6.07) is 30.9. The molecule has 0 atom stereocenters. The molecule has 0 N–H and O–H groups in total. The number of benzene rings is 4. The highest BCUT2D eigenvalue weighted by Crippen LogP contribution is 2.27. The van der Waals surface area contributed by atoms with Crippen molar-refractivity contribution >= 4 is 49.8 Å². The molecule has 1 heterocycles. The standard InChI is InChI=1S/C22H14BBr/c24-18-11-9-17(10-12-18)23-21-8-4-3-7-19(21)20-13-15-5-1-2-6-16(15)14-22(20)23/h1-14H. The number of hydrogen-bond donors (Lipinski definition) is 0. The van der Waals surface area contributed by atoms with Crippen LogP contribution in [0.5, 0.6) is 0 Å². The Morgan fingerprint density at radius 2 is 1.25 bits per heavy atom. The highest BCUT2D eigenvalue weighted by Gasteiger charge is 2.33. The van der Waals surface area contributed by atoms with Gasteiger partial charge in [0.1, 0.15) is 0 Å². The van der Waals surface area contributed by atoms with Gasteiger partial charge in [-0.05, 0) is 40.1 Å².